The number of halogens is 2. The fraction of sp³-hybridized carbons (Fsp3) is 0.310. The summed E-state index contributed by atoms with van der Waals surface area (Å²) in [5.74, 6) is -0.725. The van der Waals surface area contributed by atoms with Crippen LogP contribution in [0, 0.1) is 12.8 Å². The maximum atomic E-state index is 13.9. The number of sulfonamides is 1. The van der Waals surface area contributed by atoms with Crippen LogP contribution in [0.5, 0.6) is 0 Å². The van der Waals surface area contributed by atoms with Crippen molar-refractivity contribution in [2.45, 2.75) is 45.2 Å². The summed E-state index contributed by atoms with van der Waals surface area (Å²) < 4.78 is 28.7. The third-order valence-corrected chi connectivity index (χ3v) is 8.62. The van der Waals surface area contributed by atoms with Gasteiger partial charge in [0.15, 0.2) is 0 Å². The zero-order valence-corrected chi connectivity index (χ0v) is 24.7. The van der Waals surface area contributed by atoms with Crippen molar-refractivity contribution in [1.29, 1.82) is 0 Å². The van der Waals surface area contributed by atoms with E-state index in [-0.39, 0.29) is 34.0 Å². The number of nitrogens with one attached hydrogen (secondary N) is 1. The van der Waals surface area contributed by atoms with Crippen LogP contribution in [0.15, 0.2) is 77.7 Å². The molecule has 3 aromatic rings. The molecule has 3 aromatic carbocycles. The lowest BCUT2D eigenvalue weighted by Gasteiger charge is -2.32. The van der Waals surface area contributed by atoms with Crippen LogP contribution >= 0.6 is 23.2 Å². The van der Waals surface area contributed by atoms with Crippen molar-refractivity contribution < 1.29 is 18.0 Å². The molecule has 0 heterocycles. The molecule has 0 saturated heterocycles. The number of aryl methyl sites for hydroxylation is 1. The molecule has 0 bridgehead atoms. The lowest BCUT2D eigenvalue weighted by Crippen LogP contribution is -2.51. The second kappa shape index (κ2) is 13.3. The van der Waals surface area contributed by atoms with Crippen molar-refractivity contribution in [2.75, 3.05) is 17.4 Å². The monoisotopic (exact) mass is 589 g/mol. The average molecular weight is 591 g/mol. The fourth-order valence-electron chi connectivity index (χ4n) is 3.85. The molecule has 7 nitrogen and oxygen atoms in total. The van der Waals surface area contributed by atoms with Gasteiger partial charge in [-0.1, -0.05) is 85.1 Å². The number of nitrogens with zero attached hydrogens (tertiary/aromatic N) is 2. The normalized spacial score (nSPS) is 12.2. The molecule has 0 aliphatic heterocycles. The first kappa shape index (κ1) is 30.5. The third kappa shape index (κ3) is 7.75. The molecule has 39 heavy (non-hydrogen) atoms. The number of anilines is 1. The third-order valence-electron chi connectivity index (χ3n) is 6.16. The van der Waals surface area contributed by atoms with E-state index in [0.717, 1.165) is 9.87 Å². The minimum absolute atomic E-state index is 0.00964. The van der Waals surface area contributed by atoms with E-state index in [1.807, 2.05) is 20.8 Å². The van der Waals surface area contributed by atoms with Crippen LogP contribution in [0.2, 0.25) is 10.0 Å². The van der Waals surface area contributed by atoms with Crippen molar-refractivity contribution in [2.24, 2.45) is 5.92 Å². The van der Waals surface area contributed by atoms with Gasteiger partial charge in [0, 0.05) is 18.1 Å². The molecule has 1 N–H and O–H groups in total. The molecule has 3 rings (SSSR count). The summed E-state index contributed by atoms with van der Waals surface area (Å²) in [6.07, 6.45) is 0. The molecule has 0 spiro atoms. The van der Waals surface area contributed by atoms with Gasteiger partial charge in [-0.2, -0.15) is 0 Å². The second-order valence-electron chi connectivity index (χ2n) is 9.70. The second-order valence-corrected chi connectivity index (χ2v) is 12.4. The number of carbonyl (C=O) groups excluding carboxylic acids is 2. The molecular weight excluding hydrogens is 557 g/mol. The lowest BCUT2D eigenvalue weighted by molar-refractivity contribution is -0.139. The number of amides is 2. The molecule has 0 aromatic heterocycles. The van der Waals surface area contributed by atoms with Crippen molar-refractivity contribution in [3.05, 3.63) is 94.0 Å². The maximum Gasteiger partial charge on any atom is 0.264 e. The predicted molar refractivity (Wildman–Crippen MR) is 156 cm³/mol. The van der Waals surface area contributed by atoms with Gasteiger partial charge in [0.2, 0.25) is 11.8 Å². The van der Waals surface area contributed by atoms with E-state index >= 15 is 0 Å². The highest BCUT2D eigenvalue weighted by molar-refractivity contribution is 7.92. The van der Waals surface area contributed by atoms with Crippen LogP contribution < -0.4 is 9.62 Å². The van der Waals surface area contributed by atoms with Crippen molar-refractivity contribution in [3.63, 3.8) is 0 Å². The summed E-state index contributed by atoms with van der Waals surface area (Å²) in [5, 5.41) is 3.45. The fourth-order valence-corrected chi connectivity index (χ4v) is 5.77. The topological polar surface area (TPSA) is 86.8 Å². The number of hydrogen-bond donors (Lipinski definition) is 1. The summed E-state index contributed by atoms with van der Waals surface area (Å²) in [4.78, 5) is 28.3. The van der Waals surface area contributed by atoms with Gasteiger partial charge in [-0.05, 0) is 55.7 Å². The van der Waals surface area contributed by atoms with E-state index < -0.39 is 28.5 Å². The highest BCUT2D eigenvalue weighted by Gasteiger charge is 2.33. The minimum Gasteiger partial charge on any atom is -0.354 e. The summed E-state index contributed by atoms with van der Waals surface area (Å²) in [7, 11) is -4.20. The van der Waals surface area contributed by atoms with E-state index in [9.17, 15) is 18.0 Å². The first-order valence-electron chi connectivity index (χ1n) is 12.6. The zero-order valence-electron chi connectivity index (χ0n) is 22.4. The Morgan fingerprint density at radius 2 is 1.46 bits per heavy atom. The maximum absolute atomic E-state index is 13.9. The Bertz CT molecular complexity index is 1410. The van der Waals surface area contributed by atoms with Crippen molar-refractivity contribution in [3.8, 4) is 0 Å². The van der Waals surface area contributed by atoms with Gasteiger partial charge in [0.1, 0.15) is 12.6 Å². The first-order chi connectivity index (χ1) is 18.4. The summed E-state index contributed by atoms with van der Waals surface area (Å²) in [6.45, 7) is 7.26. The molecule has 0 aliphatic carbocycles. The number of rotatable bonds is 11. The molecule has 1 atom stereocenters. The van der Waals surface area contributed by atoms with Gasteiger partial charge in [-0.3, -0.25) is 13.9 Å². The molecule has 0 fully saturated rings. The lowest BCUT2D eigenvalue weighted by atomic mass is 10.1. The zero-order chi connectivity index (χ0) is 28.7. The van der Waals surface area contributed by atoms with Gasteiger partial charge in [-0.15, -0.1) is 0 Å². The van der Waals surface area contributed by atoms with E-state index in [2.05, 4.69) is 5.32 Å². The summed E-state index contributed by atoms with van der Waals surface area (Å²) in [6, 6.07) is 18.9. The van der Waals surface area contributed by atoms with Crippen LogP contribution in [0.1, 0.15) is 31.9 Å². The quantitative estimate of drug-likeness (QED) is 0.311. The number of hydrogen-bond acceptors (Lipinski definition) is 4. The Hall–Kier alpha value is -3.07. The number of para-hydroxylation sites is 1. The van der Waals surface area contributed by atoms with E-state index in [1.165, 1.54) is 17.0 Å². The molecule has 0 radical (unpaired) electrons. The Morgan fingerprint density at radius 3 is 2.05 bits per heavy atom. The predicted octanol–water partition coefficient (Wildman–Crippen LogP) is 5.69. The van der Waals surface area contributed by atoms with E-state index in [1.54, 1.807) is 67.6 Å². The van der Waals surface area contributed by atoms with Crippen LogP contribution in [0.3, 0.4) is 0 Å². The Labute approximate surface area is 240 Å². The molecular formula is C29H33Cl2N3O4S. The van der Waals surface area contributed by atoms with Gasteiger partial charge in [0.05, 0.1) is 15.6 Å². The SMILES string of the molecule is Cc1ccc(S(=O)(=O)N(CC(=O)N(Cc2ccccc2Cl)[C@@H](C)C(=O)NCC(C)C)c2ccccc2Cl)cc1. The van der Waals surface area contributed by atoms with Crippen LogP contribution in [-0.4, -0.2) is 44.3 Å². The molecule has 0 aliphatic rings. The summed E-state index contributed by atoms with van der Waals surface area (Å²) >= 11 is 12.8. The highest BCUT2D eigenvalue weighted by atomic mass is 35.5. The van der Waals surface area contributed by atoms with Gasteiger partial charge in [0.25, 0.3) is 10.0 Å². The van der Waals surface area contributed by atoms with Crippen molar-refractivity contribution in [1.82, 2.24) is 10.2 Å². The Balaban J connectivity index is 2.03. The average Bonchev–Trinajstić information content (AvgIpc) is 2.90. The summed E-state index contributed by atoms with van der Waals surface area (Å²) in [5.41, 5.74) is 1.67. The molecule has 0 saturated carbocycles. The molecule has 10 heteroatoms. The Morgan fingerprint density at radius 1 is 0.872 bits per heavy atom. The molecule has 0 unspecified atom stereocenters. The number of benzene rings is 3. The van der Waals surface area contributed by atoms with Crippen LogP contribution in [0.4, 0.5) is 5.69 Å². The molecule has 2 amide bonds. The van der Waals surface area contributed by atoms with Crippen molar-refractivity contribution >= 4 is 50.7 Å². The van der Waals surface area contributed by atoms with Gasteiger partial charge < -0.3 is 10.2 Å². The van der Waals surface area contributed by atoms with E-state index in [4.69, 9.17) is 23.2 Å². The van der Waals surface area contributed by atoms with Gasteiger partial charge >= 0.3 is 0 Å². The highest BCUT2D eigenvalue weighted by Crippen LogP contribution is 2.31. The van der Waals surface area contributed by atoms with Crippen LogP contribution in [0.25, 0.3) is 0 Å². The largest absolute Gasteiger partial charge is 0.354 e. The standard InChI is InChI=1S/C29H33Cl2N3O4S/c1-20(2)17-32-29(36)22(4)33(18-23-9-5-6-10-25(23)30)28(35)19-34(27-12-8-7-11-26(27)31)39(37,38)24-15-13-21(3)14-16-24/h5-16,20,22H,17-19H2,1-4H3,(H,32,36)/t22-/m0/s1. The Kier molecular flexibility index (Phi) is 10.4. The smallest absolute Gasteiger partial charge is 0.264 e. The number of carbonyl (C=O) groups is 2. The van der Waals surface area contributed by atoms with Gasteiger partial charge in [-0.25, -0.2) is 8.42 Å². The first-order valence-corrected chi connectivity index (χ1v) is 14.8. The minimum atomic E-state index is -4.20. The molecule has 208 valence electrons. The van der Waals surface area contributed by atoms with E-state index in [0.29, 0.717) is 17.1 Å². The van der Waals surface area contributed by atoms with Crippen LogP contribution in [-0.2, 0) is 26.2 Å².